The summed E-state index contributed by atoms with van der Waals surface area (Å²) in [5.74, 6) is 0.783. The lowest BCUT2D eigenvalue weighted by Crippen LogP contribution is -2.34. The molecule has 0 bridgehead atoms. The van der Waals surface area contributed by atoms with E-state index < -0.39 is 10.0 Å². The van der Waals surface area contributed by atoms with Crippen molar-refractivity contribution in [3.05, 3.63) is 60.2 Å². The minimum Gasteiger partial charge on any atom is -0.497 e. The molecule has 0 unspecified atom stereocenters. The minimum absolute atomic E-state index is 0.0431. The van der Waals surface area contributed by atoms with E-state index in [1.54, 1.807) is 31.4 Å². The second kappa shape index (κ2) is 9.77. The normalized spacial score (nSPS) is 15.3. The molecule has 0 spiro atoms. The average molecular weight is 430 g/mol. The van der Waals surface area contributed by atoms with E-state index in [1.807, 2.05) is 29.2 Å². The highest BCUT2D eigenvalue weighted by molar-refractivity contribution is 7.89. The van der Waals surface area contributed by atoms with Crippen LogP contribution in [0.5, 0.6) is 5.75 Å². The van der Waals surface area contributed by atoms with Gasteiger partial charge in [-0.2, -0.15) is 0 Å². The number of sulfonamides is 1. The molecule has 1 aliphatic rings. The van der Waals surface area contributed by atoms with Crippen LogP contribution in [0.15, 0.2) is 59.5 Å². The van der Waals surface area contributed by atoms with E-state index in [2.05, 4.69) is 9.62 Å². The van der Waals surface area contributed by atoms with Crippen LogP contribution >= 0.6 is 0 Å². The monoisotopic (exact) mass is 429 g/mol. The fourth-order valence-electron chi connectivity index (χ4n) is 3.34. The standard InChI is InChI=1S/C22H27N3O4S/c1-23-30(27,28)21-11-4-18(5-12-21)6-13-22(26)25-15-3-14-24(16-17-25)19-7-9-20(29-2)10-8-19/h4-13,23H,3,14-17H2,1-2H3/b13-6+. The highest BCUT2D eigenvalue weighted by atomic mass is 32.2. The van der Waals surface area contributed by atoms with Gasteiger partial charge in [0, 0.05) is 37.9 Å². The number of methoxy groups -OCH3 is 1. The number of hydrogen-bond donors (Lipinski definition) is 1. The summed E-state index contributed by atoms with van der Waals surface area (Å²) in [6.07, 6.45) is 4.15. The lowest BCUT2D eigenvalue weighted by molar-refractivity contribution is -0.125. The largest absolute Gasteiger partial charge is 0.497 e. The molecule has 7 nitrogen and oxygen atoms in total. The lowest BCUT2D eigenvalue weighted by atomic mass is 10.2. The van der Waals surface area contributed by atoms with Crippen molar-refractivity contribution >= 4 is 27.7 Å². The Balaban J connectivity index is 1.59. The Kier molecular flexibility index (Phi) is 7.12. The quantitative estimate of drug-likeness (QED) is 0.713. The molecular formula is C22H27N3O4S. The van der Waals surface area contributed by atoms with E-state index in [9.17, 15) is 13.2 Å². The second-order valence-electron chi connectivity index (χ2n) is 6.97. The lowest BCUT2D eigenvalue weighted by Gasteiger charge is -2.23. The van der Waals surface area contributed by atoms with Crippen molar-refractivity contribution in [1.29, 1.82) is 0 Å². The molecule has 1 amide bonds. The first-order valence-electron chi connectivity index (χ1n) is 9.82. The Morgan fingerprint density at radius 1 is 1.00 bits per heavy atom. The maximum Gasteiger partial charge on any atom is 0.246 e. The fraction of sp³-hybridized carbons (Fsp3) is 0.318. The molecule has 1 saturated heterocycles. The van der Waals surface area contributed by atoms with Crippen LogP contribution < -0.4 is 14.4 Å². The molecule has 0 saturated carbocycles. The molecule has 0 aliphatic carbocycles. The summed E-state index contributed by atoms with van der Waals surface area (Å²) in [5, 5.41) is 0. The van der Waals surface area contributed by atoms with Crippen molar-refractivity contribution in [2.45, 2.75) is 11.3 Å². The van der Waals surface area contributed by atoms with Crippen molar-refractivity contribution in [1.82, 2.24) is 9.62 Å². The third-order valence-electron chi connectivity index (χ3n) is 5.12. The summed E-state index contributed by atoms with van der Waals surface area (Å²) in [7, 11) is -0.437. The third kappa shape index (κ3) is 5.40. The Morgan fingerprint density at radius 3 is 2.33 bits per heavy atom. The molecular weight excluding hydrogens is 402 g/mol. The molecule has 0 atom stereocenters. The fourth-order valence-corrected chi connectivity index (χ4v) is 4.07. The van der Waals surface area contributed by atoms with Crippen LogP contribution in [0.25, 0.3) is 6.08 Å². The van der Waals surface area contributed by atoms with Gasteiger partial charge in [-0.3, -0.25) is 4.79 Å². The number of benzene rings is 2. The van der Waals surface area contributed by atoms with E-state index in [0.29, 0.717) is 13.1 Å². The molecule has 1 fully saturated rings. The van der Waals surface area contributed by atoms with Gasteiger partial charge in [0.25, 0.3) is 0 Å². The number of carbonyl (C=O) groups excluding carboxylic acids is 1. The summed E-state index contributed by atoms with van der Waals surface area (Å²) in [6.45, 7) is 3.01. The van der Waals surface area contributed by atoms with Gasteiger partial charge >= 0.3 is 0 Å². The second-order valence-corrected chi connectivity index (χ2v) is 8.86. The molecule has 0 radical (unpaired) electrons. The summed E-state index contributed by atoms with van der Waals surface area (Å²) in [6, 6.07) is 14.4. The highest BCUT2D eigenvalue weighted by Gasteiger charge is 2.18. The first kappa shape index (κ1) is 21.9. The molecule has 0 aromatic heterocycles. The zero-order valence-electron chi connectivity index (χ0n) is 17.2. The third-order valence-corrected chi connectivity index (χ3v) is 6.55. The maximum absolute atomic E-state index is 12.6. The van der Waals surface area contributed by atoms with Crippen LogP contribution in [0.3, 0.4) is 0 Å². The SMILES string of the molecule is CNS(=O)(=O)c1ccc(/C=C/C(=O)N2CCCN(c3ccc(OC)cc3)CC2)cc1. The molecule has 8 heteroatoms. The zero-order chi connectivity index (χ0) is 21.6. The van der Waals surface area contributed by atoms with E-state index in [4.69, 9.17) is 4.74 Å². The summed E-state index contributed by atoms with van der Waals surface area (Å²) >= 11 is 0. The summed E-state index contributed by atoms with van der Waals surface area (Å²) in [5.41, 5.74) is 1.89. The van der Waals surface area contributed by atoms with Crippen molar-refractivity contribution in [2.24, 2.45) is 0 Å². The van der Waals surface area contributed by atoms with Crippen LogP contribution in [0.2, 0.25) is 0 Å². The molecule has 2 aromatic carbocycles. The molecule has 2 aromatic rings. The average Bonchev–Trinajstić information content (AvgIpc) is 3.04. The van der Waals surface area contributed by atoms with Gasteiger partial charge in [-0.05, 0) is 61.5 Å². The van der Waals surface area contributed by atoms with E-state index >= 15 is 0 Å². The van der Waals surface area contributed by atoms with Crippen molar-refractivity contribution in [3.63, 3.8) is 0 Å². The van der Waals surface area contributed by atoms with Crippen LogP contribution in [0.4, 0.5) is 5.69 Å². The Bertz CT molecular complexity index is 986. The predicted molar refractivity (Wildman–Crippen MR) is 118 cm³/mol. The number of nitrogens with zero attached hydrogens (tertiary/aromatic N) is 2. The number of amides is 1. The van der Waals surface area contributed by atoms with E-state index in [0.717, 1.165) is 36.5 Å². The van der Waals surface area contributed by atoms with Gasteiger partial charge in [0.2, 0.25) is 15.9 Å². The number of hydrogen-bond acceptors (Lipinski definition) is 5. The number of rotatable bonds is 6. The molecule has 3 rings (SSSR count). The van der Waals surface area contributed by atoms with Crippen LogP contribution in [-0.4, -0.2) is 59.6 Å². The molecule has 1 heterocycles. The van der Waals surface area contributed by atoms with Crippen molar-refractivity contribution in [2.75, 3.05) is 45.2 Å². The topological polar surface area (TPSA) is 79.0 Å². The number of nitrogens with one attached hydrogen (secondary N) is 1. The van der Waals surface area contributed by atoms with Gasteiger partial charge in [-0.1, -0.05) is 12.1 Å². The van der Waals surface area contributed by atoms with Gasteiger partial charge in [0.1, 0.15) is 5.75 Å². The molecule has 30 heavy (non-hydrogen) atoms. The highest BCUT2D eigenvalue weighted by Crippen LogP contribution is 2.20. The molecule has 1 N–H and O–H groups in total. The van der Waals surface area contributed by atoms with Gasteiger partial charge in [0.15, 0.2) is 0 Å². The Labute approximate surface area is 178 Å². The van der Waals surface area contributed by atoms with Crippen molar-refractivity contribution in [3.8, 4) is 5.75 Å². The van der Waals surface area contributed by atoms with Gasteiger partial charge in [-0.15, -0.1) is 0 Å². The van der Waals surface area contributed by atoms with Crippen LogP contribution in [0.1, 0.15) is 12.0 Å². The van der Waals surface area contributed by atoms with Crippen molar-refractivity contribution < 1.29 is 17.9 Å². The molecule has 160 valence electrons. The summed E-state index contributed by atoms with van der Waals surface area (Å²) in [4.78, 5) is 16.9. The van der Waals surface area contributed by atoms with Gasteiger partial charge in [-0.25, -0.2) is 13.1 Å². The number of ether oxygens (including phenoxy) is 1. The van der Waals surface area contributed by atoms with Gasteiger partial charge < -0.3 is 14.5 Å². The van der Waals surface area contributed by atoms with Crippen LogP contribution in [-0.2, 0) is 14.8 Å². The van der Waals surface area contributed by atoms with E-state index in [1.165, 1.54) is 19.2 Å². The minimum atomic E-state index is -3.46. The van der Waals surface area contributed by atoms with E-state index in [-0.39, 0.29) is 10.8 Å². The molecule has 1 aliphatic heterocycles. The number of carbonyl (C=O) groups is 1. The number of anilines is 1. The van der Waals surface area contributed by atoms with Gasteiger partial charge in [0.05, 0.1) is 12.0 Å². The first-order chi connectivity index (χ1) is 14.4. The Morgan fingerprint density at radius 2 is 1.70 bits per heavy atom. The Hall–Kier alpha value is -2.84. The predicted octanol–water partition coefficient (Wildman–Crippen LogP) is 2.36. The van der Waals surface area contributed by atoms with Crippen LogP contribution in [0, 0.1) is 0 Å². The zero-order valence-corrected chi connectivity index (χ0v) is 18.1. The first-order valence-corrected chi connectivity index (χ1v) is 11.3. The summed E-state index contributed by atoms with van der Waals surface area (Å²) < 4.78 is 31.0. The smallest absolute Gasteiger partial charge is 0.246 e. The maximum atomic E-state index is 12.6.